The molecule has 62 heavy (non-hydrogen) atoms. The second kappa shape index (κ2) is 14.8. The van der Waals surface area contributed by atoms with Gasteiger partial charge in [0.05, 0.1) is 16.7 Å². The Kier molecular flexibility index (Phi) is 8.57. The molecule has 0 aliphatic heterocycles. The third kappa shape index (κ3) is 5.97. The van der Waals surface area contributed by atoms with E-state index in [-0.39, 0.29) is 0 Å². The molecule has 0 atom stereocenters. The van der Waals surface area contributed by atoms with Gasteiger partial charge in [-0.25, -0.2) is 0 Å². The van der Waals surface area contributed by atoms with Gasteiger partial charge >= 0.3 is 0 Å². The van der Waals surface area contributed by atoms with Crippen LogP contribution in [0.1, 0.15) is 5.56 Å². The van der Waals surface area contributed by atoms with Gasteiger partial charge in [0.25, 0.3) is 0 Å². The van der Waals surface area contributed by atoms with E-state index >= 15 is 0 Å². The zero-order valence-corrected chi connectivity index (χ0v) is 33.9. The van der Waals surface area contributed by atoms with Gasteiger partial charge in [0, 0.05) is 45.0 Å². The van der Waals surface area contributed by atoms with E-state index in [1.807, 2.05) is 12.1 Å². The molecule has 0 radical (unpaired) electrons. The summed E-state index contributed by atoms with van der Waals surface area (Å²) in [7, 11) is 0. The van der Waals surface area contributed by atoms with Gasteiger partial charge in [0.1, 0.15) is 11.2 Å². The molecule has 2 aromatic heterocycles. The van der Waals surface area contributed by atoms with Crippen LogP contribution in [0.3, 0.4) is 0 Å². The number of para-hydroxylation sites is 3. The highest BCUT2D eigenvalue weighted by Crippen LogP contribution is 2.44. The van der Waals surface area contributed by atoms with Gasteiger partial charge < -0.3 is 13.9 Å². The second-order valence-corrected chi connectivity index (χ2v) is 16.0. The molecule has 0 saturated carbocycles. The fourth-order valence-electron chi connectivity index (χ4n) is 9.65. The first-order valence-electron chi connectivity index (χ1n) is 21.3. The Balaban J connectivity index is 1.05. The maximum atomic E-state index is 6.31. The summed E-state index contributed by atoms with van der Waals surface area (Å²) >= 11 is 0. The molecular formula is C59H40N2O. The molecule has 3 nitrogen and oxygen atoms in total. The van der Waals surface area contributed by atoms with Gasteiger partial charge in [-0.15, -0.1) is 0 Å². The molecular weight excluding hydrogens is 753 g/mol. The van der Waals surface area contributed by atoms with Crippen LogP contribution in [0.2, 0.25) is 0 Å². The Hall–Kier alpha value is -8.14. The fourth-order valence-corrected chi connectivity index (χ4v) is 9.65. The van der Waals surface area contributed by atoms with Crippen molar-refractivity contribution in [1.29, 1.82) is 0 Å². The third-order valence-electron chi connectivity index (χ3n) is 12.5. The largest absolute Gasteiger partial charge is 0.456 e. The molecule has 0 amide bonds. The summed E-state index contributed by atoms with van der Waals surface area (Å²) in [6.07, 6.45) is 0. The van der Waals surface area contributed by atoms with Crippen LogP contribution in [0.5, 0.6) is 0 Å². The van der Waals surface area contributed by atoms with Crippen LogP contribution in [0.4, 0.5) is 11.4 Å². The first kappa shape index (κ1) is 35.8. The lowest BCUT2D eigenvalue weighted by atomic mass is 9.94. The average molecular weight is 793 g/mol. The first-order valence-corrected chi connectivity index (χ1v) is 21.3. The average Bonchev–Trinajstić information content (AvgIpc) is 3.89. The minimum absolute atomic E-state index is 0.668. The normalized spacial score (nSPS) is 11.6. The summed E-state index contributed by atoms with van der Waals surface area (Å²) in [4.78, 5) is 2.45. The highest BCUT2D eigenvalue weighted by Gasteiger charge is 2.21. The number of rotatable bonds is 8. The van der Waals surface area contributed by atoms with Crippen molar-refractivity contribution >= 4 is 65.9 Å². The Morgan fingerprint density at radius 3 is 1.85 bits per heavy atom. The zero-order chi connectivity index (χ0) is 41.0. The number of aromatic nitrogens is 1. The van der Waals surface area contributed by atoms with E-state index in [0.29, 0.717) is 6.54 Å². The van der Waals surface area contributed by atoms with Crippen LogP contribution in [-0.2, 0) is 6.54 Å². The molecule has 12 rings (SSSR count). The summed E-state index contributed by atoms with van der Waals surface area (Å²) in [5.74, 6) is 0. The third-order valence-corrected chi connectivity index (χ3v) is 12.5. The summed E-state index contributed by atoms with van der Waals surface area (Å²) in [6, 6.07) is 83.3. The summed E-state index contributed by atoms with van der Waals surface area (Å²) in [5.41, 5.74) is 15.9. The molecule has 0 aliphatic rings. The Morgan fingerprint density at radius 2 is 1.00 bits per heavy atom. The van der Waals surface area contributed by atoms with Gasteiger partial charge in [-0.1, -0.05) is 176 Å². The maximum absolute atomic E-state index is 6.31. The minimum Gasteiger partial charge on any atom is -0.456 e. The molecule has 0 aliphatic carbocycles. The number of anilines is 2. The van der Waals surface area contributed by atoms with Crippen molar-refractivity contribution in [2.24, 2.45) is 0 Å². The molecule has 0 spiro atoms. The van der Waals surface area contributed by atoms with Crippen molar-refractivity contribution in [1.82, 2.24) is 4.57 Å². The van der Waals surface area contributed by atoms with E-state index < -0.39 is 0 Å². The number of fused-ring (bicyclic) bond motifs is 8. The topological polar surface area (TPSA) is 21.3 Å². The lowest BCUT2D eigenvalue weighted by Gasteiger charge is -2.27. The minimum atomic E-state index is 0.668. The van der Waals surface area contributed by atoms with E-state index in [9.17, 15) is 0 Å². The molecule has 2 heterocycles. The van der Waals surface area contributed by atoms with Crippen molar-refractivity contribution in [2.45, 2.75) is 6.54 Å². The lowest BCUT2D eigenvalue weighted by Crippen LogP contribution is -2.17. The van der Waals surface area contributed by atoms with Crippen LogP contribution in [0.25, 0.3) is 93.6 Å². The Labute approximate surface area is 360 Å². The Morgan fingerprint density at radius 1 is 0.371 bits per heavy atom. The molecule has 10 aromatic carbocycles. The van der Waals surface area contributed by atoms with Gasteiger partial charge in [0.15, 0.2) is 0 Å². The van der Waals surface area contributed by atoms with Crippen molar-refractivity contribution in [3.63, 3.8) is 0 Å². The molecule has 0 unspecified atom stereocenters. The van der Waals surface area contributed by atoms with Crippen LogP contribution < -0.4 is 4.90 Å². The number of hydrogen-bond donors (Lipinski definition) is 0. The van der Waals surface area contributed by atoms with Crippen LogP contribution in [0.15, 0.2) is 235 Å². The predicted octanol–water partition coefficient (Wildman–Crippen LogP) is 16.2. The highest BCUT2D eigenvalue weighted by atomic mass is 16.3. The van der Waals surface area contributed by atoms with E-state index in [1.165, 1.54) is 60.4 Å². The van der Waals surface area contributed by atoms with Crippen LogP contribution in [0, 0.1) is 0 Å². The summed E-state index contributed by atoms with van der Waals surface area (Å²) in [6.45, 7) is 0.668. The standard InChI is InChI=1S/C59H40N2O/c1-3-17-40(18-4-1)47-25-8-7-21-44(47)39-60(46-34-36-57-52(38-46)50-27-11-14-32-56(50)62-57)45-24-15-23-43(37-45)48-26-9-12-30-53(48)61-54-31-13-10-28-51(54)59-55(61)35-33-42-22-16-29-49(58(42)59)41-19-5-2-6-20-41/h1-38H,39H2. The number of hydrogen-bond acceptors (Lipinski definition) is 2. The first-order chi connectivity index (χ1) is 30.8. The van der Waals surface area contributed by atoms with Gasteiger partial charge in [0.2, 0.25) is 0 Å². The highest BCUT2D eigenvalue weighted by molar-refractivity contribution is 6.25. The molecule has 0 N–H and O–H groups in total. The van der Waals surface area contributed by atoms with E-state index in [0.717, 1.165) is 50.1 Å². The summed E-state index contributed by atoms with van der Waals surface area (Å²) in [5, 5.41) is 7.25. The number of furan rings is 1. The van der Waals surface area contributed by atoms with Crippen molar-refractivity contribution in [3.8, 4) is 39.1 Å². The van der Waals surface area contributed by atoms with E-state index in [2.05, 4.69) is 228 Å². The second-order valence-electron chi connectivity index (χ2n) is 16.0. The molecule has 292 valence electrons. The molecule has 0 bridgehead atoms. The molecule has 0 fully saturated rings. The lowest BCUT2D eigenvalue weighted by molar-refractivity contribution is 0.669. The van der Waals surface area contributed by atoms with Gasteiger partial charge in [-0.05, 0) is 98.8 Å². The van der Waals surface area contributed by atoms with E-state index in [1.54, 1.807) is 0 Å². The molecule has 12 aromatic rings. The van der Waals surface area contributed by atoms with Crippen LogP contribution >= 0.6 is 0 Å². The predicted molar refractivity (Wildman–Crippen MR) is 261 cm³/mol. The van der Waals surface area contributed by atoms with E-state index in [4.69, 9.17) is 4.42 Å². The van der Waals surface area contributed by atoms with Gasteiger partial charge in [-0.3, -0.25) is 0 Å². The van der Waals surface area contributed by atoms with Crippen LogP contribution in [-0.4, -0.2) is 4.57 Å². The molecule has 0 saturated heterocycles. The Bertz CT molecular complexity index is 3620. The SMILES string of the molecule is c1ccc(-c2ccccc2CN(c2cccc(-c3ccccc3-n3c4ccccc4c4c5c(-c6ccccc6)cccc5ccc43)c2)c2ccc3oc4ccccc4c3c2)cc1. The van der Waals surface area contributed by atoms with Crippen molar-refractivity contribution in [2.75, 3.05) is 4.90 Å². The summed E-state index contributed by atoms with van der Waals surface area (Å²) < 4.78 is 8.78. The van der Waals surface area contributed by atoms with Gasteiger partial charge in [-0.2, -0.15) is 0 Å². The zero-order valence-electron chi connectivity index (χ0n) is 33.9. The van der Waals surface area contributed by atoms with Crippen molar-refractivity contribution < 1.29 is 4.42 Å². The number of nitrogens with zero attached hydrogens (tertiary/aromatic N) is 2. The number of benzene rings is 10. The quantitative estimate of drug-likeness (QED) is 0.153. The molecule has 3 heteroatoms. The smallest absolute Gasteiger partial charge is 0.135 e. The maximum Gasteiger partial charge on any atom is 0.135 e. The monoisotopic (exact) mass is 792 g/mol. The van der Waals surface area contributed by atoms with Crippen molar-refractivity contribution in [3.05, 3.63) is 236 Å². The fraction of sp³-hybridized carbons (Fsp3) is 0.0169.